The third-order valence-electron chi connectivity index (χ3n) is 3.81. The Labute approximate surface area is 95.1 Å². The molecule has 15 heavy (non-hydrogen) atoms. The molecule has 0 saturated carbocycles. The summed E-state index contributed by atoms with van der Waals surface area (Å²) in [6, 6.07) is 0. The van der Waals surface area contributed by atoms with Gasteiger partial charge in [0.1, 0.15) is 0 Å². The molecule has 1 saturated heterocycles. The Bertz CT molecular complexity index is 199. The van der Waals surface area contributed by atoms with Crippen molar-refractivity contribution in [3.63, 3.8) is 0 Å². The van der Waals surface area contributed by atoms with Gasteiger partial charge in [0.05, 0.1) is 0 Å². The van der Waals surface area contributed by atoms with Gasteiger partial charge in [-0.25, -0.2) is 0 Å². The van der Waals surface area contributed by atoms with E-state index >= 15 is 0 Å². The summed E-state index contributed by atoms with van der Waals surface area (Å²) in [5, 5.41) is 0.140. The first-order valence-electron chi connectivity index (χ1n) is 5.89. The van der Waals surface area contributed by atoms with Crippen molar-refractivity contribution >= 4 is 8.72 Å². The molecule has 0 N–H and O–H groups in total. The Morgan fingerprint density at radius 2 is 1.60 bits per heavy atom. The van der Waals surface area contributed by atoms with Gasteiger partial charge in [-0.05, 0) is 32.4 Å². The molecule has 0 bridgehead atoms. The average Bonchev–Trinajstić information content (AvgIpc) is 2.74. The molecule has 0 aliphatic carbocycles. The van der Waals surface area contributed by atoms with E-state index in [1.165, 1.54) is 12.8 Å². The average molecular weight is 231 g/mol. The Morgan fingerprint density at radius 3 is 1.93 bits per heavy atom. The summed E-state index contributed by atoms with van der Waals surface area (Å²) >= 11 is 0. The fourth-order valence-electron chi connectivity index (χ4n) is 2.56. The highest BCUT2D eigenvalue weighted by molar-refractivity contribution is 6.67. The summed E-state index contributed by atoms with van der Waals surface area (Å²) < 4.78 is 14.2. The van der Waals surface area contributed by atoms with Crippen LogP contribution < -0.4 is 0 Å². The zero-order valence-corrected chi connectivity index (χ0v) is 11.8. The molecule has 1 rings (SSSR count). The fourth-order valence-corrected chi connectivity index (χ4v) is 6.55. The smallest absolute Gasteiger partial charge is 0.386 e. The zero-order valence-electron chi connectivity index (χ0n) is 10.8. The minimum absolute atomic E-state index is 0.140. The van der Waals surface area contributed by atoms with Gasteiger partial charge in [0.2, 0.25) is 0 Å². The van der Waals surface area contributed by atoms with Crippen LogP contribution in [0.3, 0.4) is 0 Å². The third-order valence-corrected chi connectivity index (χ3v) is 8.27. The first-order valence-corrected chi connectivity index (χ1v) is 7.66. The molecule has 0 aromatic heterocycles. The third kappa shape index (κ3) is 2.13. The molecule has 4 heteroatoms. The Morgan fingerprint density at radius 1 is 1.13 bits per heavy atom. The monoisotopic (exact) mass is 231 g/mol. The minimum atomic E-state index is -2.20. The van der Waals surface area contributed by atoms with E-state index in [0.717, 1.165) is 19.5 Å². The first-order chi connectivity index (χ1) is 7.04. The predicted octanol–water partition coefficient (Wildman–Crippen LogP) is 2.50. The van der Waals surface area contributed by atoms with E-state index in [0.29, 0.717) is 0 Å². The number of rotatable bonds is 5. The van der Waals surface area contributed by atoms with Gasteiger partial charge in [-0.1, -0.05) is 20.8 Å². The van der Waals surface area contributed by atoms with Crippen LogP contribution in [0.4, 0.5) is 0 Å². The normalized spacial score (nSPS) is 19.8. The lowest BCUT2D eigenvalue weighted by atomic mass is 10.1. The summed E-state index contributed by atoms with van der Waals surface area (Å²) in [7, 11) is 1.42. The molecule has 0 radical (unpaired) electrons. The van der Waals surface area contributed by atoms with E-state index in [1.54, 1.807) is 0 Å². The van der Waals surface area contributed by atoms with Crippen molar-refractivity contribution in [1.29, 1.82) is 0 Å². The van der Waals surface area contributed by atoms with Crippen LogP contribution >= 0.6 is 0 Å². The highest BCUT2D eigenvalue weighted by Gasteiger charge is 2.55. The zero-order chi connectivity index (χ0) is 11.5. The summed E-state index contributed by atoms with van der Waals surface area (Å²) in [4.78, 5) is 0. The van der Waals surface area contributed by atoms with Gasteiger partial charge in [-0.3, -0.25) is 4.57 Å². The van der Waals surface area contributed by atoms with Crippen molar-refractivity contribution in [2.45, 2.75) is 45.1 Å². The van der Waals surface area contributed by atoms with Gasteiger partial charge in [0.25, 0.3) is 0 Å². The lowest BCUT2D eigenvalue weighted by Crippen LogP contribution is -2.62. The van der Waals surface area contributed by atoms with Gasteiger partial charge >= 0.3 is 8.72 Å². The maximum atomic E-state index is 5.87. The molecule has 0 aromatic carbocycles. The van der Waals surface area contributed by atoms with Crippen LogP contribution in [0, 0.1) is 0 Å². The van der Waals surface area contributed by atoms with E-state index in [-0.39, 0.29) is 5.04 Å². The molecule has 0 aromatic rings. The van der Waals surface area contributed by atoms with Crippen LogP contribution in [0.15, 0.2) is 0 Å². The van der Waals surface area contributed by atoms with Gasteiger partial charge in [-0.15, -0.1) is 0 Å². The molecule has 1 fully saturated rings. The summed E-state index contributed by atoms with van der Waals surface area (Å²) in [6.45, 7) is 9.03. The van der Waals surface area contributed by atoms with Crippen molar-refractivity contribution in [3.05, 3.63) is 0 Å². The fraction of sp³-hybridized carbons (Fsp3) is 1.00. The number of hydrogen-bond donors (Lipinski definition) is 0. The molecular weight excluding hydrogens is 206 g/mol. The van der Waals surface area contributed by atoms with Crippen LogP contribution in [-0.2, 0) is 8.85 Å². The molecular formula is C11H25NO2Si. The van der Waals surface area contributed by atoms with Gasteiger partial charge in [0, 0.05) is 19.3 Å². The second-order valence-corrected chi connectivity index (χ2v) is 8.89. The molecule has 1 heterocycles. The second kappa shape index (κ2) is 4.95. The van der Waals surface area contributed by atoms with Crippen LogP contribution in [0.25, 0.3) is 0 Å². The maximum Gasteiger partial charge on any atom is 0.433 e. The van der Waals surface area contributed by atoms with E-state index in [1.807, 2.05) is 14.2 Å². The minimum Gasteiger partial charge on any atom is -0.386 e. The summed E-state index contributed by atoms with van der Waals surface area (Å²) in [5.74, 6) is 0. The van der Waals surface area contributed by atoms with Crippen molar-refractivity contribution in [2.24, 2.45) is 0 Å². The van der Waals surface area contributed by atoms with Crippen LogP contribution in [0.1, 0.15) is 40.0 Å². The Hall–Kier alpha value is 0.0969. The van der Waals surface area contributed by atoms with Gasteiger partial charge in [0.15, 0.2) is 0 Å². The molecule has 1 aliphatic heterocycles. The van der Waals surface area contributed by atoms with E-state index < -0.39 is 8.72 Å². The molecule has 1 aliphatic rings. The van der Waals surface area contributed by atoms with Crippen molar-refractivity contribution in [3.8, 4) is 0 Å². The molecule has 0 atom stereocenters. The van der Waals surface area contributed by atoms with Crippen molar-refractivity contribution in [1.82, 2.24) is 4.57 Å². The van der Waals surface area contributed by atoms with E-state index in [9.17, 15) is 0 Å². The largest absolute Gasteiger partial charge is 0.433 e. The summed E-state index contributed by atoms with van der Waals surface area (Å²) in [5.41, 5.74) is 0. The number of nitrogens with zero attached hydrogens (tertiary/aromatic N) is 1. The van der Waals surface area contributed by atoms with Crippen molar-refractivity contribution < 1.29 is 8.85 Å². The Balaban J connectivity index is 2.94. The summed E-state index contributed by atoms with van der Waals surface area (Å²) in [6.07, 6.45) is 3.65. The highest BCUT2D eigenvalue weighted by atomic mass is 28.4. The van der Waals surface area contributed by atoms with Gasteiger partial charge < -0.3 is 8.85 Å². The molecule has 90 valence electrons. The van der Waals surface area contributed by atoms with E-state index in [4.69, 9.17) is 8.85 Å². The number of hydrogen-bond acceptors (Lipinski definition) is 3. The van der Waals surface area contributed by atoms with Crippen LogP contribution in [0.5, 0.6) is 0 Å². The molecule has 0 spiro atoms. The van der Waals surface area contributed by atoms with Crippen LogP contribution in [0.2, 0.25) is 5.04 Å². The lowest BCUT2D eigenvalue weighted by molar-refractivity contribution is 0.143. The SMILES string of the molecule is CCC(C)(C)[Si](OC)(OC)N1CCCC1. The van der Waals surface area contributed by atoms with Gasteiger partial charge in [-0.2, -0.15) is 0 Å². The maximum absolute atomic E-state index is 5.87. The lowest BCUT2D eigenvalue weighted by Gasteiger charge is -2.45. The van der Waals surface area contributed by atoms with Crippen LogP contribution in [-0.4, -0.2) is 40.6 Å². The van der Waals surface area contributed by atoms with Crippen molar-refractivity contribution in [2.75, 3.05) is 27.3 Å². The Kier molecular flexibility index (Phi) is 4.35. The van der Waals surface area contributed by atoms with E-state index in [2.05, 4.69) is 25.3 Å². The highest BCUT2D eigenvalue weighted by Crippen LogP contribution is 2.43. The standard InChI is InChI=1S/C11H25NO2Si/c1-6-11(2,3)15(13-4,14-5)12-9-7-8-10-12/h6-10H2,1-5H3. The topological polar surface area (TPSA) is 21.7 Å². The first kappa shape index (κ1) is 13.2. The molecule has 0 unspecified atom stereocenters. The predicted molar refractivity (Wildman–Crippen MR) is 64.9 cm³/mol. The second-order valence-electron chi connectivity index (χ2n) is 4.92. The molecule has 0 amide bonds. The quantitative estimate of drug-likeness (QED) is 0.679. The molecule has 3 nitrogen and oxygen atoms in total.